The minimum atomic E-state index is -5.34. The van der Waals surface area contributed by atoms with Gasteiger partial charge in [0.15, 0.2) is 22.4 Å². The Kier molecular flexibility index (Phi) is 13.1. The summed E-state index contributed by atoms with van der Waals surface area (Å²) in [6.45, 7) is 12.0. The molecule has 54 heavy (non-hydrogen) atoms. The Morgan fingerprint density at radius 3 is 2.31 bits per heavy atom. The predicted molar refractivity (Wildman–Crippen MR) is 197 cm³/mol. The molecule has 1 aromatic carbocycles. The van der Waals surface area contributed by atoms with Crippen LogP contribution in [0.3, 0.4) is 0 Å². The maximum atomic E-state index is 14.9. The van der Waals surface area contributed by atoms with Crippen LogP contribution in [0.15, 0.2) is 48.7 Å². The summed E-state index contributed by atoms with van der Waals surface area (Å²) in [6.07, 6.45) is -6.97. The van der Waals surface area contributed by atoms with E-state index in [9.17, 15) is 32.1 Å². The number of methoxy groups -OCH3 is 1. The van der Waals surface area contributed by atoms with Crippen LogP contribution in [0.4, 0.5) is 23.7 Å². The van der Waals surface area contributed by atoms with E-state index in [2.05, 4.69) is 14.7 Å². The number of benzene rings is 1. The summed E-state index contributed by atoms with van der Waals surface area (Å²) in [5.41, 5.74) is -6.27. The monoisotopic (exact) mass is 798 g/mol. The zero-order valence-corrected chi connectivity index (χ0v) is 33.0. The van der Waals surface area contributed by atoms with E-state index in [4.69, 9.17) is 30.5 Å². The van der Waals surface area contributed by atoms with Gasteiger partial charge >= 0.3 is 12.3 Å². The van der Waals surface area contributed by atoms with Gasteiger partial charge in [0.2, 0.25) is 5.60 Å². The molecule has 3 heterocycles. The van der Waals surface area contributed by atoms with Gasteiger partial charge < -0.3 is 24.1 Å². The highest BCUT2D eigenvalue weighted by molar-refractivity contribution is 7.84. The van der Waals surface area contributed by atoms with Gasteiger partial charge in [0.05, 0.1) is 65.7 Å². The molecule has 0 bridgehead atoms. The number of fused-ring (bicyclic) bond motifs is 1. The van der Waals surface area contributed by atoms with Crippen molar-refractivity contribution in [1.29, 1.82) is 0 Å². The number of rotatable bonds is 14. The second kappa shape index (κ2) is 16.5. The summed E-state index contributed by atoms with van der Waals surface area (Å²) in [6, 6.07) is 11.7. The molecule has 0 saturated heterocycles. The number of ether oxygens (including phenoxy) is 4. The van der Waals surface area contributed by atoms with Gasteiger partial charge in [-0.1, -0.05) is 41.9 Å². The molecule has 12 nitrogen and oxygen atoms in total. The molecule has 17 heteroatoms. The lowest BCUT2D eigenvalue weighted by atomic mass is 9.87. The quantitative estimate of drug-likeness (QED) is 0.0977. The number of aliphatic hydroxyl groups is 1. The Morgan fingerprint density at radius 2 is 1.72 bits per heavy atom. The number of carbonyl (C=O) groups excluding carboxylic acids is 2. The van der Waals surface area contributed by atoms with E-state index in [0.29, 0.717) is 6.61 Å². The number of aromatic nitrogens is 2. The topological polar surface area (TPSA) is 149 Å². The zero-order valence-electron chi connectivity index (χ0n) is 31.4. The third kappa shape index (κ3) is 10.1. The molecular formula is C37H46ClF3N4O8S. The van der Waals surface area contributed by atoms with E-state index in [1.165, 1.54) is 19.4 Å². The van der Waals surface area contributed by atoms with Crippen molar-refractivity contribution in [3.05, 3.63) is 76.3 Å². The van der Waals surface area contributed by atoms with Gasteiger partial charge in [0, 0.05) is 18.1 Å². The molecule has 0 aliphatic carbocycles. The third-order valence-electron chi connectivity index (χ3n) is 8.32. The number of nitrogens with one attached hydrogen (secondary N) is 1. The lowest BCUT2D eigenvalue weighted by Gasteiger charge is -2.32. The van der Waals surface area contributed by atoms with Gasteiger partial charge in [-0.25, -0.2) is 23.7 Å². The number of amides is 1. The predicted octanol–water partition coefficient (Wildman–Crippen LogP) is 7.17. The fourth-order valence-electron chi connectivity index (χ4n) is 5.45. The Balaban J connectivity index is 1.59. The van der Waals surface area contributed by atoms with Crippen LogP contribution >= 0.6 is 11.6 Å². The average molecular weight is 799 g/mol. The van der Waals surface area contributed by atoms with Crippen molar-refractivity contribution in [3.63, 3.8) is 0 Å². The summed E-state index contributed by atoms with van der Waals surface area (Å²) < 4.78 is 82.1. The van der Waals surface area contributed by atoms with Gasteiger partial charge in [-0.05, 0) is 66.5 Å². The van der Waals surface area contributed by atoms with Crippen LogP contribution in [0.25, 0.3) is 0 Å². The van der Waals surface area contributed by atoms with Gasteiger partial charge in [-0.3, -0.25) is 9.69 Å². The second-order valence-corrected chi connectivity index (χ2v) is 17.3. The highest BCUT2D eigenvalue weighted by atomic mass is 35.5. The lowest BCUT2D eigenvalue weighted by molar-refractivity contribution is -0.270. The van der Waals surface area contributed by atoms with Crippen molar-refractivity contribution in [2.24, 2.45) is 0 Å². The molecule has 3 aromatic rings. The summed E-state index contributed by atoms with van der Waals surface area (Å²) in [5.74, 6) is -0.529. The van der Waals surface area contributed by atoms with Crippen LogP contribution in [-0.2, 0) is 38.2 Å². The maximum Gasteiger partial charge on any atom is 0.422 e. The zero-order chi connectivity index (χ0) is 40.3. The largest absolute Gasteiger partial charge is 0.493 e. The smallest absolute Gasteiger partial charge is 0.422 e. The normalized spacial score (nSPS) is 17.8. The van der Waals surface area contributed by atoms with Crippen LogP contribution in [0.1, 0.15) is 88.6 Å². The molecule has 0 saturated carbocycles. The molecule has 1 aliphatic rings. The van der Waals surface area contributed by atoms with E-state index >= 15 is 0 Å². The fourth-order valence-corrected chi connectivity index (χ4v) is 6.64. The first-order valence-electron chi connectivity index (χ1n) is 17.0. The Bertz CT molecular complexity index is 1860. The maximum absolute atomic E-state index is 14.9. The van der Waals surface area contributed by atoms with Gasteiger partial charge in [-0.15, -0.1) is 0 Å². The molecule has 1 aliphatic heterocycles. The van der Waals surface area contributed by atoms with E-state index in [0.717, 1.165) is 16.5 Å². The molecule has 2 N–H and O–H groups in total. The molecule has 2 aromatic heterocycles. The molecule has 1 amide bonds. The fraction of sp³-hybridized carbons (Fsp3) is 0.514. The molecule has 4 rings (SSSR count). The highest BCUT2D eigenvalue weighted by Gasteiger charge is 2.57. The van der Waals surface area contributed by atoms with Crippen molar-refractivity contribution in [3.8, 4) is 11.5 Å². The van der Waals surface area contributed by atoms with Crippen LogP contribution < -0.4 is 19.1 Å². The van der Waals surface area contributed by atoms with E-state index in [1.807, 2.05) is 30.3 Å². The summed E-state index contributed by atoms with van der Waals surface area (Å²) in [4.78, 5) is 35.7. The van der Waals surface area contributed by atoms with E-state index < -0.39 is 74.2 Å². The van der Waals surface area contributed by atoms with Gasteiger partial charge in [0.25, 0.3) is 0 Å². The van der Waals surface area contributed by atoms with Crippen molar-refractivity contribution in [2.45, 2.75) is 95.6 Å². The van der Waals surface area contributed by atoms with Crippen LogP contribution in [0.2, 0.25) is 5.15 Å². The van der Waals surface area contributed by atoms with Crippen LogP contribution in [0.5, 0.6) is 11.5 Å². The number of halogens is 4. The molecular weight excluding hydrogens is 753 g/mol. The van der Waals surface area contributed by atoms with Crippen molar-refractivity contribution < 1.29 is 51.0 Å². The first-order chi connectivity index (χ1) is 25.0. The van der Waals surface area contributed by atoms with Crippen molar-refractivity contribution in [1.82, 2.24) is 14.7 Å². The number of anilines is 1. The van der Waals surface area contributed by atoms with Gasteiger partial charge in [0.1, 0.15) is 17.9 Å². The van der Waals surface area contributed by atoms with Crippen LogP contribution in [0, 0.1) is 0 Å². The number of nitrogens with zero attached hydrogens (tertiary/aromatic N) is 3. The minimum absolute atomic E-state index is 0.0161. The standard InChI is InChI=1S/C37H46ClF3N4O8S/c1-33(2,3)53-32(47)45-22-35(7,44-54(49)34(4,5)6)24-18-29(43-31(38)30(24)45)36(48,37(39,40)41)15-14-26(46)25-19-27(50-8)28(20-42-25)52-17-16-51-21-23-12-10-9-11-13-23/h9-13,18-20,44,48H,14-17,21-22H2,1-8H3/t35-,36-,54?/m1/s1. The molecule has 3 atom stereocenters. The number of hydrogen-bond donors (Lipinski definition) is 2. The second-order valence-electron chi connectivity index (χ2n) is 15.0. The summed E-state index contributed by atoms with van der Waals surface area (Å²) >= 11 is 6.53. The van der Waals surface area contributed by atoms with Gasteiger partial charge in [-0.2, -0.15) is 13.2 Å². The number of ketones is 1. The first-order valence-corrected chi connectivity index (χ1v) is 18.5. The van der Waals surface area contributed by atoms with Crippen molar-refractivity contribution >= 4 is 40.2 Å². The summed E-state index contributed by atoms with van der Waals surface area (Å²) in [5, 5.41) is 10.8. The molecule has 0 fully saturated rings. The van der Waals surface area contributed by atoms with Crippen molar-refractivity contribution in [2.75, 3.05) is 31.8 Å². The van der Waals surface area contributed by atoms with Crippen LogP contribution in [-0.4, -0.2) is 74.6 Å². The van der Waals surface area contributed by atoms with E-state index in [1.54, 1.807) is 48.5 Å². The number of alkyl halides is 3. The Labute approximate surface area is 320 Å². The Morgan fingerprint density at radius 1 is 1.06 bits per heavy atom. The van der Waals surface area contributed by atoms with E-state index in [-0.39, 0.29) is 48.2 Å². The molecule has 0 spiro atoms. The first kappa shape index (κ1) is 42.9. The average Bonchev–Trinajstić information content (AvgIpc) is 3.38. The number of pyridine rings is 2. The number of Topliss-reactive ketones (excluding diaryl/α,β-unsaturated/α-hetero) is 1. The third-order valence-corrected chi connectivity index (χ3v) is 10.3. The molecule has 296 valence electrons. The Hall–Kier alpha value is -3.83. The lowest BCUT2D eigenvalue weighted by Crippen LogP contribution is -2.50. The molecule has 0 radical (unpaired) electrons. The highest BCUT2D eigenvalue weighted by Crippen LogP contribution is 2.49. The SMILES string of the molecule is COc1cc(C(=O)CC[C@@](O)(c2cc3c(c(Cl)n2)N(C(=O)OC(C)(C)C)C[C@@]3(C)NS(=O)C(C)(C)C)C(F)(F)F)ncc1OCCOCc1ccccc1. The molecule has 1 unspecified atom stereocenters. The number of hydrogen-bond acceptors (Lipinski definition) is 10. The minimum Gasteiger partial charge on any atom is -0.493 e. The summed E-state index contributed by atoms with van der Waals surface area (Å²) in [7, 11) is -0.442. The number of carbonyl (C=O) groups is 2.